The SMILES string of the molecule is CCCNC(C)(CO)CSCC(C)CC. The highest BCUT2D eigenvalue weighted by atomic mass is 32.2. The van der Waals surface area contributed by atoms with Crippen LogP contribution in [0.3, 0.4) is 0 Å². The van der Waals surface area contributed by atoms with E-state index in [2.05, 4.69) is 33.0 Å². The summed E-state index contributed by atoms with van der Waals surface area (Å²) < 4.78 is 0. The molecule has 2 nitrogen and oxygen atoms in total. The normalized spacial score (nSPS) is 17.4. The van der Waals surface area contributed by atoms with E-state index in [9.17, 15) is 5.11 Å². The van der Waals surface area contributed by atoms with Crippen LogP contribution in [0.2, 0.25) is 0 Å². The maximum absolute atomic E-state index is 9.36. The van der Waals surface area contributed by atoms with Gasteiger partial charge in [-0.25, -0.2) is 0 Å². The molecular formula is C12H27NOS. The van der Waals surface area contributed by atoms with E-state index in [4.69, 9.17) is 0 Å². The molecular weight excluding hydrogens is 206 g/mol. The van der Waals surface area contributed by atoms with Gasteiger partial charge in [0.05, 0.1) is 6.61 Å². The molecule has 0 heterocycles. The molecule has 0 saturated carbocycles. The van der Waals surface area contributed by atoms with Gasteiger partial charge < -0.3 is 10.4 Å². The Bertz CT molecular complexity index is 155. The zero-order chi connectivity index (χ0) is 11.7. The summed E-state index contributed by atoms with van der Waals surface area (Å²) in [4.78, 5) is 0. The third-order valence-corrected chi connectivity index (χ3v) is 4.32. The third kappa shape index (κ3) is 7.20. The van der Waals surface area contributed by atoms with Crippen LogP contribution in [0.5, 0.6) is 0 Å². The van der Waals surface area contributed by atoms with Crippen LogP contribution in [-0.2, 0) is 0 Å². The molecule has 3 heteroatoms. The van der Waals surface area contributed by atoms with E-state index in [-0.39, 0.29) is 12.1 Å². The molecule has 0 fully saturated rings. The number of aliphatic hydroxyl groups is 1. The largest absolute Gasteiger partial charge is 0.394 e. The minimum absolute atomic E-state index is 0.103. The highest BCUT2D eigenvalue weighted by Gasteiger charge is 2.22. The molecule has 0 amide bonds. The van der Waals surface area contributed by atoms with Crippen molar-refractivity contribution in [3.05, 3.63) is 0 Å². The van der Waals surface area contributed by atoms with E-state index in [1.165, 1.54) is 12.2 Å². The number of aliphatic hydroxyl groups excluding tert-OH is 1. The maximum Gasteiger partial charge on any atom is 0.0618 e. The van der Waals surface area contributed by atoms with Crippen LogP contribution in [0, 0.1) is 5.92 Å². The van der Waals surface area contributed by atoms with Crippen molar-refractivity contribution in [1.82, 2.24) is 5.32 Å². The number of rotatable bonds is 9. The van der Waals surface area contributed by atoms with Crippen molar-refractivity contribution >= 4 is 11.8 Å². The van der Waals surface area contributed by atoms with Crippen LogP contribution < -0.4 is 5.32 Å². The highest BCUT2D eigenvalue weighted by Crippen LogP contribution is 2.17. The summed E-state index contributed by atoms with van der Waals surface area (Å²) in [6, 6.07) is 0. The first-order chi connectivity index (χ1) is 7.08. The number of thioether (sulfide) groups is 1. The average molecular weight is 233 g/mol. The summed E-state index contributed by atoms with van der Waals surface area (Å²) in [7, 11) is 0. The Morgan fingerprint density at radius 1 is 1.40 bits per heavy atom. The Morgan fingerprint density at radius 3 is 2.53 bits per heavy atom. The molecule has 0 spiro atoms. The maximum atomic E-state index is 9.36. The predicted octanol–water partition coefficient (Wildman–Crippen LogP) is 2.52. The Kier molecular flexibility index (Phi) is 8.58. The molecule has 0 radical (unpaired) electrons. The second-order valence-electron chi connectivity index (χ2n) is 4.67. The lowest BCUT2D eigenvalue weighted by Crippen LogP contribution is -2.48. The van der Waals surface area contributed by atoms with Crippen molar-refractivity contribution in [1.29, 1.82) is 0 Å². The van der Waals surface area contributed by atoms with Crippen LogP contribution in [-0.4, -0.2) is 35.3 Å². The van der Waals surface area contributed by atoms with E-state index in [0.29, 0.717) is 0 Å². The molecule has 0 aromatic rings. The second kappa shape index (κ2) is 8.43. The van der Waals surface area contributed by atoms with Crippen LogP contribution in [0.4, 0.5) is 0 Å². The van der Waals surface area contributed by atoms with E-state index in [1.54, 1.807) is 0 Å². The Morgan fingerprint density at radius 2 is 2.07 bits per heavy atom. The Balaban J connectivity index is 3.76. The lowest BCUT2D eigenvalue weighted by Gasteiger charge is -2.28. The molecule has 0 bridgehead atoms. The van der Waals surface area contributed by atoms with Gasteiger partial charge in [0.2, 0.25) is 0 Å². The Labute approximate surface area is 99.2 Å². The van der Waals surface area contributed by atoms with E-state index < -0.39 is 0 Å². The number of hydrogen-bond acceptors (Lipinski definition) is 3. The summed E-state index contributed by atoms with van der Waals surface area (Å²) in [6.07, 6.45) is 2.36. The van der Waals surface area contributed by atoms with E-state index in [1.807, 2.05) is 11.8 Å². The average Bonchev–Trinajstić information content (AvgIpc) is 2.26. The van der Waals surface area contributed by atoms with Crippen LogP contribution in [0.1, 0.15) is 40.5 Å². The molecule has 0 aliphatic carbocycles. The van der Waals surface area contributed by atoms with Crippen molar-refractivity contribution in [2.45, 2.75) is 46.1 Å². The van der Waals surface area contributed by atoms with Gasteiger partial charge in [-0.2, -0.15) is 11.8 Å². The molecule has 0 aliphatic heterocycles. The van der Waals surface area contributed by atoms with Gasteiger partial charge in [-0.1, -0.05) is 27.2 Å². The zero-order valence-electron chi connectivity index (χ0n) is 10.7. The molecule has 2 atom stereocenters. The first-order valence-corrected chi connectivity index (χ1v) is 7.17. The van der Waals surface area contributed by atoms with Gasteiger partial charge in [0.1, 0.15) is 0 Å². The molecule has 0 aromatic carbocycles. The van der Waals surface area contributed by atoms with Gasteiger partial charge in [0.15, 0.2) is 0 Å². The fraction of sp³-hybridized carbons (Fsp3) is 1.00. The van der Waals surface area contributed by atoms with Gasteiger partial charge in [0.25, 0.3) is 0 Å². The minimum atomic E-state index is -0.103. The smallest absolute Gasteiger partial charge is 0.0618 e. The predicted molar refractivity (Wildman–Crippen MR) is 70.6 cm³/mol. The first-order valence-electron chi connectivity index (χ1n) is 6.01. The molecule has 2 unspecified atom stereocenters. The topological polar surface area (TPSA) is 32.3 Å². The highest BCUT2D eigenvalue weighted by molar-refractivity contribution is 7.99. The fourth-order valence-corrected chi connectivity index (χ4v) is 2.58. The molecule has 2 N–H and O–H groups in total. The summed E-state index contributed by atoms with van der Waals surface area (Å²) >= 11 is 1.95. The number of hydrogen-bond donors (Lipinski definition) is 2. The molecule has 0 rings (SSSR count). The van der Waals surface area contributed by atoms with Crippen molar-refractivity contribution in [2.24, 2.45) is 5.92 Å². The molecule has 0 aliphatic rings. The van der Waals surface area contributed by atoms with Crippen molar-refractivity contribution in [3.63, 3.8) is 0 Å². The van der Waals surface area contributed by atoms with Gasteiger partial charge in [0, 0.05) is 11.3 Å². The van der Waals surface area contributed by atoms with Gasteiger partial charge in [-0.3, -0.25) is 0 Å². The molecule has 0 saturated heterocycles. The first kappa shape index (κ1) is 15.3. The van der Waals surface area contributed by atoms with E-state index >= 15 is 0 Å². The third-order valence-electron chi connectivity index (χ3n) is 2.67. The second-order valence-corrected chi connectivity index (χ2v) is 5.70. The molecule has 0 aromatic heterocycles. The fourth-order valence-electron chi connectivity index (χ4n) is 1.18. The summed E-state index contributed by atoms with van der Waals surface area (Å²) in [5.74, 6) is 2.97. The van der Waals surface area contributed by atoms with Crippen molar-refractivity contribution in [3.8, 4) is 0 Å². The lowest BCUT2D eigenvalue weighted by molar-refractivity contribution is 0.192. The van der Waals surface area contributed by atoms with Crippen LogP contribution >= 0.6 is 11.8 Å². The number of nitrogens with one attached hydrogen (secondary N) is 1. The minimum Gasteiger partial charge on any atom is -0.394 e. The van der Waals surface area contributed by atoms with Gasteiger partial charge >= 0.3 is 0 Å². The molecule has 15 heavy (non-hydrogen) atoms. The lowest BCUT2D eigenvalue weighted by atomic mass is 10.1. The van der Waals surface area contributed by atoms with Crippen molar-refractivity contribution in [2.75, 3.05) is 24.7 Å². The monoisotopic (exact) mass is 233 g/mol. The summed E-state index contributed by atoms with van der Waals surface area (Å²) in [5, 5.41) is 12.8. The van der Waals surface area contributed by atoms with Crippen LogP contribution in [0.25, 0.3) is 0 Å². The zero-order valence-corrected chi connectivity index (χ0v) is 11.5. The van der Waals surface area contributed by atoms with Crippen molar-refractivity contribution < 1.29 is 5.11 Å². The standard InChI is InChI=1S/C12H27NOS/c1-5-7-13-12(4,9-14)10-15-8-11(3)6-2/h11,13-14H,5-10H2,1-4H3. The van der Waals surface area contributed by atoms with Gasteiger partial charge in [-0.15, -0.1) is 0 Å². The summed E-state index contributed by atoms with van der Waals surface area (Å²) in [5.41, 5.74) is -0.103. The van der Waals surface area contributed by atoms with Gasteiger partial charge in [-0.05, 0) is 31.6 Å². The van der Waals surface area contributed by atoms with E-state index in [0.717, 1.165) is 24.6 Å². The summed E-state index contributed by atoms with van der Waals surface area (Å²) in [6.45, 7) is 9.97. The molecule has 92 valence electrons. The quantitative estimate of drug-likeness (QED) is 0.642. The Hall–Kier alpha value is 0.270. The van der Waals surface area contributed by atoms with Crippen LogP contribution in [0.15, 0.2) is 0 Å².